The number of hydrogen-bond acceptors (Lipinski definition) is 3. The van der Waals surface area contributed by atoms with Crippen molar-refractivity contribution in [2.45, 2.75) is 39.5 Å². The maximum atomic E-state index is 11.1. The molecule has 0 aliphatic heterocycles. The van der Waals surface area contributed by atoms with Crippen molar-refractivity contribution >= 4 is 10.1 Å². The average Bonchev–Trinajstić information content (AvgIpc) is 2.19. The Balaban J connectivity index is 0.000000621. The molecule has 0 radical (unpaired) electrons. The smallest absolute Gasteiger partial charge is 0.124 e. The third-order valence-electron chi connectivity index (χ3n) is 3.18. The molecule has 0 aliphatic rings. The minimum Gasteiger partial charge on any atom is -0.744 e. The van der Waals surface area contributed by atoms with Crippen LogP contribution >= 0.6 is 0 Å². The number of hydrogen-bond donors (Lipinski definition) is 0. The van der Waals surface area contributed by atoms with Crippen LogP contribution in [0.15, 0.2) is 4.90 Å². The van der Waals surface area contributed by atoms with E-state index in [2.05, 4.69) is 28.2 Å². The molecular weight excluding hydrogens is 274 g/mol. The minimum absolute atomic E-state index is 0.0527. The predicted octanol–water partition coefficient (Wildman–Crippen LogP) is 2.46. The van der Waals surface area contributed by atoms with Crippen LogP contribution < -0.4 is 0 Å². The zero-order valence-electron chi connectivity index (χ0n) is 14.1. The largest absolute Gasteiger partial charge is 0.744 e. The second-order valence-corrected chi connectivity index (χ2v) is 7.91. The highest BCUT2D eigenvalue weighted by Crippen LogP contribution is 2.28. The molecule has 0 amide bonds. The van der Waals surface area contributed by atoms with Gasteiger partial charge in [-0.1, -0.05) is 0 Å². The fraction of sp³-hybridized carbons (Fsp3) is 0.600. The minimum atomic E-state index is -4.38. The summed E-state index contributed by atoms with van der Waals surface area (Å²) in [6.07, 6.45) is 0. The van der Waals surface area contributed by atoms with E-state index in [9.17, 15) is 13.0 Å². The number of quaternary nitrogens is 1. The van der Waals surface area contributed by atoms with Gasteiger partial charge in [-0.05, 0) is 62.4 Å². The van der Waals surface area contributed by atoms with Gasteiger partial charge in [0.1, 0.15) is 10.1 Å². The van der Waals surface area contributed by atoms with E-state index >= 15 is 0 Å². The third kappa shape index (κ3) is 5.23. The molecule has 116 valence electrons. The molecule has 0 unspecified atom stereocenters. The lowest BCUT2D eigenvalue weighted by Gasteiger charge is -2.20. The van der Waals surface area contributed by atoms with E-state index in [1.807, 2.05) is 20.8 Å². The molecule has 0 fully saturated rings. The lowest BCUT2D eigenvalue weighted by Crippen LogP contribution is -2.27. The van der Waals surface area contributed by atoms with Crippen molar-refractivity contribution < 1.29 is 17.5 Å². The van der Waals surface area contributed by atoms with Gasteiger partial charge < -0.3 is 9.04 Å². The highest BCUT2D eigenvalue weighted by molar-refractivity contribution is 7.85. The molecule has 0 heterocycles. The molecule has 5 heteroatoms. The van der Waals surface area contributed by atoms with Gasteiger partial charge >= 0.3 is 0 Å². The molecular formula is C15H27NO3S. The average molecular weight is 301 g/mol. The Morgan fingerprint density at radius 1 is 0.700 bits per heavy atom. The molecule has 0 saturated carbocycles. The first-order valence-corrected chi connectivity index (χ1v) is 7.90. The lowest BCUT2D eigenvalue weighted by molar-refractivity contribution is -0.849. The van der Waals surface area contributed by atoms with Crippen LogP contribution in [0.25, 0.3) is 0 Å². The summed E-state index contributed by atoms with van der Waals surface area (Å²) in [6.45, 7) is 8.97. The third-order valence-corrected chi connectivity index (χ3v) is 4.29. The number of rotatable bonds is 1. The molecule has 0 atom stereocenters. The summed E-state index contributed by atoms with van der Waals surface area (Å²) in [7, 11) is 4.12. The van der Waals surface area contributed by atoms with E-state index in [1.54, 1.807) is 13.8 Å². The summed E-state index contributed by atoms with van der Waals surface area (Å²) in [5.74, 6) is 0. The van der Waals surface area contributed by atoms with Crippen LogP contribution in [-0.4, -0.2) is 45.6 Å². The first kappa shape index (κ1) is 19.1. The van der Waals surface area contributed by atoms with Gasteiger partial charge in [-0.15, -0.1) is 0 Å². The first-order chi connectivity index (χ1) is 8.68. The molecule has 0 aliphatic carbocycles. The zero-order valence-corrected chi connectivity index (χ0v) is 14.9. The quantitative estimate of drug-likeness (QED) is 0.591. The number of benzene rings is 1. The fourth-order valence-electron chi connectivity index (χ4n) is 1.84. The Labute approximate surface area is 123 Å². The Kier molecular flexibility index (Phi) is 5.96. The fourth-order valence-corrected chi connectivity index (χ4v) is 2.90. The summed E-state index contributed by atoms with van der Waals surface area (Å²) in [4.78, 5) is -0.0527. The van der Waals surface area contributed by atoms with Crippen molar-refractivity contribution in [3.63, 3.8) is 0 Å². The van der Waals surface area contributed by atoms with Gasteiger partial charge in [0.25, 0.3) is 0 Å². The Bertz CT molecular complexity index is 562. The van der Waals surface area contributed by atoms with Gasteiger partial charge in [0.2, 0.25) is 0 Å². The van der Waals surface area contributed by atoms with E-state index < -0.39 is 10.1 Å². The van der Waals surface area contributed by atoms with E-state index in [1.165, 1.54) is 0 Å². The van der Waals surface area contributed by atoms with Gasteiger partial charge in [0.15, 0.2) is 0 Å². The van der Waals surface area contributed by atoms with E-state index in [-0.39, 0.29) is 4.90 Å². The molecule has 1 aromatic carbocycles. The van der Waals surface area contributed by atoms with Gasteiger partial charge in [-0.3, -0.25) is 0 Å². The van der Waals surface area contributed by atoms with Gasteiger partial charge in [0.05, 0.1) is 33.1 Å². The zero-order chi connectivity index (χ0) is 16.5. The van der Waals surface area contributed by atoms with Crippen molar-refractivity contribution in [1.29, 1.82) is 0 Å². The second-order valence-electron chi connectivity index (χ2n) is 6.59. The maximum Gasteiger partial charge on any atom is 0.124 e. The molecule has 0 spiro atoms. The maximum absolute atomic E-state index is 11.1. The van der Waals surface area contributed by atoms with Crippen LogP contribution in [0.3, 0.4) is 0 Å². The Hall–Kier alpha value is -0.910. The standard InChI is InChI=1S/C11H16O3S.C4H12N/c1-6-7(2)9(4)11(15(12,13)14)10(5)8(6)3;1-5(2,3)4/h1-5H3,(H,12,13,14);1-4H3/q;+1/p-1. The molecule has 0 aromatic heterocycles. The molecule has 0 saturated heterocycles. The van der Waals surface area contributed by atoms with Crippen molar-refractivity contribution in [3.8, 4) is 0 Å². The van der Waals surface area contributed by atoms with Crippen molar-refractivity contribution in [2.24, 2.45) is 0 Å². The van der Waals surface area contributed by atoms with Crippen molar-refractivity contribution in [1.82, 2.24) is 0 Å². The predicted molar refractivity (Wildman–Crippen MR) is 82.0 cm³/mol. The Morgan fingerprint density at radius 2 is 0.900 bits per heavy atom. The van der Waals surface area contributed by atoms with Crippen LogP contribution in [0.4, 0.5) is 0 Å². The molecule has 0 N–H and O–H groups in total. The van der Waals surface area contributed by atoms with Crippen LogP contribution in [-0.2, 0) is 10.1 Å². The second kappa shape index (κ2) is 6.24. The topological polar surface area (TPSA) is 57.2 Å². The highest BCUT2D eigenvalue weighted by atomic mass is 32.2. The van der Waals surface area contributed by atoms with Gasteiger partial charge in [-0.2, -0.15) is 0 Å². The normalized spacial score (nSPS) is 11.9. The van der Waals surface area contributed by atoms with Crippen LogP contribution in [0.1, 0.15) is 27.8 Å². The molecule has 20 heavy (non-hydrogen) atoms. The highest BCUT2D eigenvalue weighted by Gasteiger charge is 2.16. The van der Waals surface area contributed by atoms with Crippen LogP contribution in [0, 0.1) is 34.6 Å². The lowest BCUT2D eigenvalue weighted by atomic mass is 9.95. The molecule has 1 aromatic rings. The van der Waals surface area contributed by atoms with E-state index in [0.717, 1.165) is 21.2 Å². The van der Waals surface area contributed by atoms with Gasteiger partial charge in [-0.25, -0.2) is 8.42 Å². The summed E-state index contributed by atoms with van der Waals surface area (Å²) < 4.78 is 34.4. The Morgan fingerprint density at radius 3 is 1.10 bits per heavy atom. The SMILES string of the molecule is C[N+](C)(C)C.Cc1c(C)c(C)c(S(=O)(=O)[O-])c(C)c1C. The van der Waals surface area contributed by atoms with E-state index in [4.69, 9.17) is 0 Å². The first-order valence-electron chi connectivity index (χ1n) is 6.49. The van der Waals surface area contributed by atoms with Crippen LogP contribution in [0.2, 0.25) is 0 Å². The van der Waals surface area contributed by atoms with Crippen LogP contribution in [0.5, 0.6) is 0 Å². The van der Waals surface area contributed by atoms with Crippen molar-refractivity contribution in [2.75, 3.05) is 28.2 Å². The van der Waals surface area contributed by atoms with E-state index in [0.29, 0.717) is 11.1 Å². The molecule has 4 nitrogen and oxygen atoms in total. The number of nitrogens with zero attached hydrogens (tertiary/aromatic N) is 1. The monoisotopic (exact) mass is 301 g/mol. The van der Waals surface area contributed by atoms with Gasteiger partial charge in [0, 0.05) is 0 Å². The summed E-state index contributed by atoms with van der Waals surface area (Å²) >= 11 is 0. The molecule has 0 bridgehead atoms. The van der Waals surface area contributed by atoms with Crippen molar-refractivity contribution in [3.05, 3.63) is 27.8 Å². The summed E-state index contributed by atoms with van der Waals surface area (Å²) in [5.41, 5.74) is 3.97. The summed E-state index contributed by atoms with van der Waals surface area (Å²) in [5, 5.41) is 0. The molecule has 1 rings (SSSR count). The summed E-state index contributed by atoms with van der Waals surface area (Å²) in [6, 6.07) is 0.